The second-order valence-corrected chi connectivity index (χ2v) is 9.71. The topological polar surface area (TPSA) is 40.5 Å². The van der Waals surface area contributed by atoms with Crippen molar-refractivity contribution in [3.63, 3.8) is 0 Å². The van der Waals surface area contributed by atoms with Gasteiger partial charge in [0.1, 0.15) is 0 Å². The smallest absolute Gasteiger partial charge is 0.0835 e. The zero-order chi connectivity index (χ0) is 15.9. The van der Waals surface area contributed by atoms with E-state index < -0.39 is 6.10 Å². The average molecular weight is 304 g/mol. The van der Waals surface area contributed by atoms with Crippen molar-refractivity contribution in [1.82, 2.24) is 0 Å². The molecule has 2 bridgehead atoms. The fraction of sp³-hybridized carbons (Fsp3) is 0.900. The standard InChI is InChI=1S/C20H32O2/c1-12-13-6-7-15-19(4)10-5-9-18(2,3)14(19)8-11-20(15,16(12)21)17(13)22/h13-17,21-22H,1,5-11H2,2-4H3. The number of aliphatic hydroxyl groups excluding tert-OH is 2. The highest BCUT2D eigenvalue weighted by Crippen LogP contribution is 2.71. The largest absolute Gasteiger partial charge is 0.392 e. The summed E-state index contributed by atoms with van der Waals surface area (Å²) in [6.07, 6.45) is 7.38. The molecule has 0 aliphatic heterocycles. The second-order valence-electron chi connectivity index (χ2n) is 9.71. The summed E-state index contributed by atoms with van der Waals surface area (Å²) in [5.41, 5.74) is 1.31. The number of fused-ring (bicyclic) bond motifs is 3. The first kappa shape index (κ1) is 15.2. The zero-order valence-electron chi connectivity index (χ0n) is 14.4. The van der Waals surface area contributed by atoms with Gasteiger partial charge in [0, 0.05) is 11.3 Å². The van der Waals surface area contributed by atoms with E-state index in [2.05, 4.69) is 27.4 Å². The van der Waals surface area contributed by atoms with Crippen molar-refractivity contribution in [3.05, 3.63) is 12.2 Å². The quantitative estimate of drug-likeness (QED) is 0.666. The van der Waals surface area contributed by atoms with Gasteiger partial charge in [-0.25, -0.2) is 0 Å². The first-order valence-corrected chi connectivity index (χ1v) is 9.30. The molecule has 0 amide bonds. The Kier molecular flexibility index (Phi) is 3.03. The molecule has 7 unspecified atom stereocenters. The van der Waals surface area contributed by atoms with Crippen molar-refractivity contribution in [1.29, 1.82) is 0 Å². The van der Waals surface area contributed by atoms with Crippen LogP contribution < -0.4 is 0 Å². The van der Waals surface area contributed by atoms with Crippen LogP contribution in [-0.2, 0) is 0 Å². The summed E-state index contributed by atoms with van der Waals surface area (Å²) in [6, 6.07) is 0. The Morgan fingerprint density at radius 1 is 0.955 bits per heavy atom. The van der Waals surface area contributed by atoms with Crippen LogP contribution in [0.5, 0.6) is 0 Å². The van der Waals surface area contributed by atoms with Crippen molar-refractivity contribution < 1.29 is 10.2 Å². The highest BCUT2D eigenvalue weighted by molar-refractivity contribution is 5.30. The summed E-state index contributed by atoms with van der Waals surface area (Å²) in [5, 5.41) is 22.0. The van der Waals surface area contributed by atoms with Crippen molar-refractivity contribution >= 4 is 0 Å². The Balaban J connectivity index is 1.81. The van der Waals surface area contributed by atoms with E-state index in [-0.39, 0.29) is 22.9 Å². The lowest BCUT2D eigenvalue weighted by atomic mass is 9.40. The molecule has 4 fully saturated rings. The molecule has 4 rings (SSSR count). The lowest BCUT2D eigenvalue weighted by molar-refractivity contribution is -0.205. The van der Waals surface area contributed by atoms with Crippen LogP contribution in [0.3, 0.4) is 0 Å². The van der Waals surface area contributed by atoms with Gasteiger partial charge in [-0.05, 0) is 66.8 Å². The van der Waals surface area contributed by atoms with Gasteiger partial charge in [-0.3, -0.25) is 0 Å². The van der Waals surface area contributed by atoms with Gasteiger partial charge in [0.05, 0.1) is 12.2 Å². The monoisotopic (exact) mass is 304 g/mol. The van der Waals surface area contributed by atoms with Crippen molar-refractivity contribution in [2.75, 3.05) is 0 Å². The van der Waals surface area contributed by atoms with Crippen LogP contribution in [0.4, 0.5) is 0 Å². The Morgan fingerprint density at radius 2 is 1.68 bits per heavy atom. The Hall–Kier alpha value is -0.340. The molecule has 0 aromatic rings. The number of rotatable bonds is 0. The van der Waals surface area contributed by atoms with Crippen molar-refractivity contribution in [3.8, 4) is 0 Å². The van der Waals surface area contributed by atoms with Crippen molar-refractivity contribution in [2.45, 2.75) is 77.9 Å². The molecule has 1 spiro atoms. The van der Waals surface area contributed by atoms with Crippen LogP contribution in [0.15, 0.2) is 12.2 Å². The van der Waals surface area contributed by atoms with Gasteiger partial charge >= 0.3 is 0 Å². The van der Waals surface area contributed by atoms with E-state index in [0.29, 0.717) is 11.3 Å². The maximum Gasteiger partial charge on any atom is 0.0835 e. The Morgan fingerprint density at radius 3 is 2.41 bits per heavy atom. The van der Waals surface area contributed by atoms with E-state index in [9.17, 15) is 10.2 Å². The van der Waals surface area contributed by atoms with Crippen LogP contribution in [0.1, 0.15) is 65.7 Å². The molecule has 2 heteroatoms. The molecule has 124 valence electrons. The van der Waals surface area contributed by atoms with Gasteiger partial charge in [0.25, 0.3) is 0 Å². The van der Waals surface area contributed by atoms with E-state index in [1.54, 1.807) is 0 Å². The van der Waals surface area contributed by atoms with E-state index in [1.807, 2.05) is 0 Å². The van der Waals surface area contributed by atoms with Crippen molar-refractivity contribution in [2.24, 2.45) is 34.0 Å². The van der Waals surface area contributed by atoms with E-state index in [1.165, 1.54) is 25.7 Å². The third kappa shape index (κ3) is 1.54. The zero-order valence-corrected chi connectivity index (χ0v) is 14.4. The second kappa shape index (κ2) is 4.39. The molecule has 4 aliphatic rings. The number of hydrogen-bond donors (Lipinski definition) is 2. The molecule has 0 aromatic carbocycles. The third-order valence-corrected chi connectivity index (χ3v) is 8.62. The predicted molar refractivity (Wildman–Crippen MR) is 88.3 cm³/mol. The summed E-state index contributed by atoms with van der Waals surface area (Å²) in [7, 11) is 0. The molecule has 2 nitrogen and oxygen atoms in total. The first-order valence-electron chi connectivity index (χ1n) is 9.30. The summed E-state index contributed by atoms with van der Waals surface area (Å²) in [5.74, 6) is 1.33. The fourth-order valence-electron chi connectivity index (χ4n) is 7.74. The molecule has 0 aromatic heterocycles. The summed E-state index contributed by atoms with van der Waals surface area (Å²) in [4.78, 5) is 0. The average Bonchev–Trinajstić information content (AvgIpc) is 2.56. The van der Waals surface area contributed by atoms with Gasteiger partial charge in [-0.1, -0.05) is 33.8 Å². The maximum absolute atomic E-state index is 11.0. The Labute approximate surface area is 135 Å². The van der Waals surface area contributed by atoms with Gasteiger partial charge in [0.2, 0.25) is 0 Å². The minimum absolute atomic E-state index is 0.142. The van der Waals surface area contributed by atoms with Crippen LogP contribution in [0.2, 0.25) is 0 Å². The molecule has 22 heavy (non-hydrogen) atoms. The highest BCUT2D eigenvalue weighted by Gasteiger charge is 2.69. The van der Waals surface area contributed by atoms with Crippen LogP contribution >= 0.6 is 0 Å². The maximum atomic E-state index is 11.0. The molecule has 4 saturated carbocycles. The number of aliphatic hydroxyl groups is 2. The fourth-order valence-corrected chi connectivity index (χ4v) is 7.74. The minimum atomic E-state index is -0.484. The molecular weight excluding hydrogens is 272 g/mol. The third-order valence-electron chi connectivity index (χ3n) is 8.62. The minimum Gasteiger partial charge on any atom is -0.392 e. The summed E-state index contributed by atoms with van der Waals surface area (Å²) < 4.78 is 0. The lowest BCUT2D eigenvalue weighted by Crippen LogP contribution is -2.62. The number of hydrogen-bond acceptors (Lipinski definition) is 2. The van der Waals surface area contributed by atoms with Crippen LogP contribution in [0.25, 0.3) is 0 Å². The van der Waals surface area contributed by atoms with Gasteiger partial charge in [0.15, 0.2) is 0 Å². The predicted octanol–water partition coefficient (Wildman–Crippen LogP) is 3.92. The van der Waals surface area contributed by atoms with Crippen LogP contribution in [0, 0.1) is 34.0 Å². The molecule has 4 aliphatic carbocycles. The molecule has 2 N–H and O–H groups in total. The van der Waals surface area contributed by atoms with E-state index >= 15 is 0 Å². The molecule has 0 saturated heterocycles. The Bertz CT molecular complexity index is 510. The highest BCUT2D eigenvalue weighted by atomic mass is 16.3. The molecule has 0 radical (unpaired) electrons. The summed E-state index contributed by atoms with van der Waals surface area (Å²) >= 11 is 0. The lowest BCUT2D eigenvalue weighted by Gasteiger charge is -2.65. The molecule has 0 heterocycles. The SMILES string of the molecule is C=C1C2CCC3C4(C)CCCC(C)(C)C4CCC3(C1O)C2O. The molecular formula is C20H32O2. The van der Waals surface area contributed by atoms with E-state index in [0.717, 1.165) is 30.8 Å². The van der Waals surface area contributed by atoms with Gasteiger partial charge < -0.3 is 10.2 Å². The first-order chi connectivity index (χ1) is 10.2. The van der Waals surface area contributed by atoms with Gasteiger partial charge in [-0.15, -0.1) is 0 Å². The normalized spacial score (nSPS) is 56.4. The van der Waals surface area contributed by atoms with Crippen LogP contribution in [-0.4, -0.2) is 22.4 Å². The summed E-state index contributed by atoms with van der Waals surface area (Å²) in [6.45, 7) is 11.5. The van der Waals surface area contributed by atoms with E-state index in [4.69, 9.17) is 0 Å². The van der Waals surface area contributed by atoms with Gasteiger partial charge in [-0.2, -0.15) is 0 Å². The molecule has 7 atom stereocenters.